The normalized spacial score (nSPS) is 15.6. The Morgan fingerprint density at radius 2 is 1.83 bits per heavy atom. The first-order chi connectivity index (χ1) is 14.0. The summed E-state index contributed by atoms with van der Waals surface area (Å²) in [5.41, 5.74) is 1.93. The summed E-state index contributed by atoms with van der Waals surface area (Å²) in [5, 5.41) is 2.90. The average Bonchev–Trinajstić information content (AvgIpc) is 2.74. The Bertz CT molecular complexity index is 803. The van der Waals surface area contributed by atoms with E-state index in [2.05, 4.69) is 15.2 Å². The second kappa shape index (κ2) is 10.0. The molecule has 1 N–H and O–H groups in total. The number of nitrogens with one attached hydrogen (secondary N) is 1. The minimum Gasteiger partial charge on any atom is -0.497 e. The lowest BCUT2D eigenvalue weighted by Crippen LogP contribution is -2.49. The molecule has 3 rings (SSSR count). The third-order valence-corrected chi connectivity index (χ3v) is 5.11. The first-order valence-corrected chi connectivity index (χ1v) is 9.86. The monoisotopic (exact) mass is 396 g/mol. The quantitative estimate of drug-likeness (QED) is 0.775. The molecule has 1 fully saturated rings. The summed E-state index contributed by atoms with van der Waals surface area (Å²) >= 11 is 0. The first-order valence-electron chi connectivity index (χ1n) is 9.86. The third-order valence-electron chi connectivity index (χ3n) is 5.11. The molecule has 154 valence electrons. The Morgan fingerprint density at radius 3 is 2.41 bits per heavy atom. The van der Waals surface area contributed by atoms with E-state index in [0.29, 0.717) is 13.1 Å². The van der Waals surface area contributed by atoms with Gasteiger partial charge in [0, 0.05) is 45.8 Å². The molecule has 29 heavy (non-hydrogen) atoms. The van der Waals surface area contributed by atoms with Crippen LogP contribution in [0.3, 0.4) is 0 Å². The molecule has 1 atom stereocenters. The highest BCUT2D eigenvalue weighted by Crippen LogP contribution is 2.22. The number of hydrogen-bond acceptors (Lipinski definition) is 5. The Morgan fingerprint density at radius 1 is 1.10 bits per heavy atom. The standard InChI is InChI=1S/C22H28N4O3/c1-17(27)24-21(18-6-8-20(29-2)9-7-18)15-22(28)26-13-11-25(12-14-26)16-19-5-3-4-10-23-19/h3-10,21H,11-16H2,1-2H3,(H,24,27). The zero-order chi connectivity index (χ0) is 20.6. The second-order valence-corrected chi connectivity index (χ2v) is 7.21. The van der Waals surface area contributed by atoms with Gasteiger partial charge in [-0.1, -0.05) is 18.2 Å². The van der Waals surface area contributed by atoms with Crippen molar-refractivity contribution in [3.05, 3.63) is 59.9 Å². The smallest absolute Gasteiger partial charge is 0.225 e. The maximum atomic E-state index is 12.9. The number of ether oxygens (including phenoxy) is 1. The van der Waals surface area contributed by atoms with Crippen molar-refractivity contribution < 1.29 is 14.3 Å². The fourth-order valence-corrected chi connectivity index (χ4v) is 3.51. The van der Waals surface area contributed by atoms with Crippen LogP contribution in [0.1, 0.15) is 30.6 Å². The van der Waals surface area contributed by atoms with Crippen LogP contribution in [0.25, 0.3) is 0 Å². The van der Waals surface area contributed by atoms with E-state index in [-0.39, 0.29) is 24.3 Å². The van der Waals surface area contributed by atoms with E-state index in [9.17, 15) is 9.59 Å². The molecule has 7 heteroatoms. The van der Waals surface area contributed by atoms with Crippen LogP contribution < -0.4 is 10.1 Å². The van der Waals surface area contributed by atoms with Gasteiger partial charge in [-0.2, -0.15) is 0 Å². The van der Waals surface area contributed by atoms with E-state index in [1.807, 2.05) is 47.4 Å². The van der Waals surface area contributed by atoms with Gasteiger partial charge < -0.3 is 15.0 Å². The molecular formula is C22H28N4O3. The molecule has 1 saturated heterocycles. The molecule has 2 heterocycles. The number of rotatable bonds is 7. The van der Waals surface area contributed by atoms with Gasteiger partial charge in [-0.05, 0) is 29.8 Å². The van der Waals surface area contributed by atoms with Crippen LogP contribution in [-0.4, -0.2) is 59.9 Å². The molecule has 1 aliphatic rings. The molecule has 2 amide bonds. The fourth-order valence-electron chi connectivity index (χ4n) is 3.51. The van der Waals surface area contributed by atoms with Crippen molar-refractivity contribution in [2.75, 3.05) is 33.3 Å². The number of carbonyl (C=O) groups excluding carboxylic acids is 2. The molecule has 1 aromatic carbocycles. The van der Waals surface area contributed by atoms with Crippen molar-refractivity contribution in [3.63, 3.8) is 0 Å². The molecule has 0 bridgehead atoms. The van der Waals surface area contributed by atoms with Crippen molar-refractivity contribution in [3.8, 4) is 5.75 Å². The summed E-state index contributed by atoms with van der Waals surface area (Å²) in [6.07, 6.45) is 2.04. The number of methoxy groups -OCH3 is 1. The number of piperazine rings is 1. The lowest BCUT2D eigenvalue weighted by molar-refractivity contribution is -0.133. The molecular weight excluding hydrogens is 368 g/mol. The lowest BCUT2D eigenvalue weighted by atomic mass is 10.0. The Hall–Kier alpha value is -2.93. The Kier molecular flexibility index (Phi) is 7.19. The minimum atomic E-state index is -0.350. The van der Waals surface area contributed by atoms with Crippen LogP contribution in [0.4, 0.5) is 0 Å². The van der Waals surface area contributed by atoms with Crippen LogP contribution in [-0.2, 0) is 16.1 Å². The van der Waals surface area contributed by atoms with Crippen molar-refractivity contribution in [2.45, 2.75) is 25.9 Å². The van der Waals surface area contributed by atoms with Crippen molar-refractivity contribution >= 4 is 11.8 Å². The number of amides is 2. The van der Waals surface area contributed by atoms with Crippen molar-refractivity contribution in [1.82, 2.24) is 20.1 Å². The van der Waals surface area contributed by atoms with Crippen LogP contribution in [0.2, 0.25) is 0 Å². The van der Waals surface area contributed by atoms with E-state index in [1.165, 1.54) is 6.92 Å². The first kappa shape index (κ1) is 20.8. The highest BCUT2D eigenvalue weighted by atomic mass is 16.5. The van der Waals surface area contributed by atoms with Crippen LogP contribution in [0.5, 0.6) is 5.75 Å². The van der Waals surface area contributed by atoms with E-state index in [1.54, 1.807) is 13.3 Å². The van der Waals surface area contributed by atoms with Crippen LogP contribution in [0.15, 0.2) is 48.7 Å². The van der Waals surface area contributed by atoms with Gasteiger partial charge in [0.05, 0.1) is 25.3 Å². The highest BCUT2D eigenvalue weighted by Gasteiger charge is 2.25. The average molecular weight is 396 g/mol. The molecule has 0 aliphatic carbocycles. The number of hydrogen-bond donors (Lipinski definition) is 1. The van der Waals surface area contributed by atoms with Gasteiger partial charge in [-0.3, -0.25) is 19.5 Å². The summed E-state index contributed by atoms with van der Waals surface area (Å²) in [6.45, 7) is 5.26. The summed E-state index contributed by atoms with van der Waals surface area (Å²) in [4.78, 5) is 33.1. The zero-order valence-corrected chi connectivity index (χ0v) is 17.0. The fraction of sp³-hybridized carbons (Fsp3) is 0.409. The third kappa shape index (κ3) is 6.02. The summed E-state index contributed by atoms with van der Waals surface area (Å²) in [7, 11) is 1.61. The maximum Gasteiger partial charge on any atom is 0.225 e. The molecule has 7 nitrogen and oxygen atoms in total. The van der Waals surface area contributed by atoms with Gasteiger partial charge in [0.25, 0.3) is 0 Å². The zero-order valence-electron chi connectivity index (χ0n) is 17.0. The number of nitrogens with zero attached hydrogens (tertiary/aromatic N) is 3. The highest BCUT2D eigenvalue weighted by molar-refractivity contribution is 5.79. The summed E-state index contributed by atoms with van der Waals surface area (Å²) < 4.78 is 5.19. The molecule has 1 unspecified atom stereocenters. The largest absolute Gasteiger partial charge is 0.497 e. The SMILES string of the molecule is COc1ccc(C(CC(=O)N2CCN(Cc3ccccn3)CC2)NC(C)=O)cc1. The molecule has 1 aromatic heterocycles. The topological polar surface area (TPSA) is 74.8 Å². The number of carbonyl (C=O) groups is 2. The van der Waals surface area contributed by atoms with Crippen LogP contribution in [0, 0.1) is 0 Å². The van der Waals surface area contributed by atoms with E-state index in [0.717, 1.165) is 36.6 Å². The van der Waals surface area contributed by atoms with Gasteiger partial charge in [0.2, 0.25) is 11.8 Å². The van der Waals surface area contributed by atoms with Crippen LogP contribution >= 0.6 is 0 Å². The molecule has 2 aromatic rings. The van der Waals surface area contributed by atoms with E-state index >= 15 is 0 Å². The summed E-state index contributed by atoms with van der Waals surface area (Å²) in [6, 6.07) is 13.0. The molecule has 1 aliphatic heterocycles. The van der Waals surface area contributed by atoms with E-state index < -0.39 is 0 Å². The molecule has 0 spiro atoms. The predicted molar refractivity (Wildman–Crippen MR) is 110 cm³/mol. The van der Waals surface area contributed by atoms with Gasteiger partial charge >= 0.3 is 0 Å². The minimum absolute atomic E-state index is 0.0528. The van der Waals surface area contributed by atoms with E-state index in [4.69, 9.17) is 4.74 Å². The Labute approximate surface area is 171 Å². The number of benzene rings is 1. The number of aromatic nitrogens is 1. The van der Waals surface area contributed by atoms with Gasteiger partial charge in [0.15, 0.2) is 0 Å². The maximum absolute atomic E-state index is 12.9. The Balaban J connectivity index is 1.56. The van der Waals surface area contributed by atoms with Crippen molar-refractivity contribution in [2.24, 2.45) is 0 Å². The predicted octanol–water partition coefficient (Wildman–Crippen LogP) is 2.00. The van der Waals surface area contributed by atoms with Gasteiger partial charge in [-0.15, -0.1) is 0 Å². The van der Waals surface area contributed by atoms with Gasteiger partial charge in [-0.25, -0.2) is 0 Å². The molecule has 0 saturated carbocycles. The number of pyridine rings is 1. The lowest BCUT2D eigenvalue weighted by Gasteiger charge is -2.35. The van der Waals surface area contributed by atoms with Gasteiger partial charge in [0.1, 0.15) is 5.75 Å². The van der Waals surface area contributed by atoms with Crippen molar-refractivity contribution in [1.29, 1.82) is 0 Å². The molecule has 0 radical (unpaired) electrons. The second-order valence-electron chi connectivity index (χ2n) is 7.21. The summed E-state index contributed by atoms with van der Waals surface area (Å²) in [5.74, 6) is 0.640.